The van der Waals surface area contributed by atoms with Crippen LogP contribution < -0.4 is 0 Å². The summed E-state index contributed by atoms with van der Waals surface area (Å²) >= 11 is 0. The van der Waals surface area contributed by atoms with Gasteiger partial charge in [-0.1, -0.05) is 18.2 Å². The van der Waals surface area contributed by atoms with Gasteiger partial charge in [0.2, 0.25) is 6.04 Å². The smallest absolute Gasteiger partial charge is 0.414 e. The van der Waals surface area contributed by atoms with Crippen LogP contribution >= 0.6 is 0 Å². The average molecular weight is 322 g/mol. The monoisotopic (exact) mass is 322 g/mol. The molecule has 0 aromatic heterocycles. The number of ether oxygens (including phenoxy) is 1. The Kier molecular flexibility index (Phi) is 4.68. The zero-order chi connectivity index (χ0) is 17.2. The van der Waals surface area contributed by atoms with Crippen LogP contribution in [0.5, 0.6) is 0 Å². The van der Waals surface area contributed by atoms with Crippen molar-refractivity contribution in [3.05, 3.63) is 58.0 Å². The highest BCUT2D eigenvalue weighted by molar-refractivity contribution is 5.69. The lowest BCUT2D eigenvalue weighted by atomic mass is 9.89. The number of benzene rings is 1. The highest BCUT2D eigenvalue weighted by Gasteiger charge is 2.38. The lowest BCUT2D eigenvalue weighted by molar-refractivity contribution is -0.525. The molecule has 0 radical (unpaired) electrons. The number of nitrogens with zero attached hydrogens (tertiary/aromatic N) is 2. The Bertz CT molecular complexity index is 639. The number of nitro groups is 1. The quantitative estimate of drug-likeness (QED) is 0.618. The normalized spacial score (nSPS) is 21.1. The Morgan fingerprint density at radius 3 is 2.70 bits per heavy atom. The lowest BCUT2D eigenvalue weighted by Crippen LogP contribution is -2.45. The lowest BCUT2D eigenvalue weighted by Gasteiger charge is -2.30. The number of amides is 1. The topological polar surface area (TPSA) is 72.7 Å². The van der Waals surface area contributed by atoms with Gasteiger partial charge in [0, 0.05) is 11.1 Å². The molecule has 23 heavy (non-hydrogen) atoms. The second kappa shape index (κ2) is 6.36. The van der Waals surface area contributed by atoms with Crippen molar-refractivity contribution in [1.82, 2.24) is 4.90 Å². The summed E-state index contributed by atoms with van der Waals surface area (Å²) in [4.78, 5) is 24.2. The maximum absolute atomic E-state index is 13.4. The first-order valence-corrected chi connectivity index (χ1v) is 7.24. The van der Waals surface area contributed by atoms with Crippen LogP contribution in [-0.4, -0.2) is 34.1 Å². The molecule has 0 N–H and O–H groups in total. The third-order valence-corrected chi connectivity index (χ3v) is 3.40. The minimum absolute atomic E-state index is 0.125. The number of hydrogen-bond donors (Lipinski definition) is 0. The molecule has 1 aliphatic heterocycles. The average Bonchev–Trinajstić information content (AvgIpc) is 2.44. The van der Waals surface area contributed by atoms with Crippen molar-refractivity contribution >= 4 is 6.09 Å². The molecule has 1 aromatic rings. The Hall–Kier alpha value is -2.44. The number of rotatable bonds is 2. The summed E-state index contributed by atoms with van der Waals surface area (Å²) in [6.45, 7) is 5.04. The molecule has 1 aromatic carbocycles. The Balaban J connectivity index is 2.25. The van der Waals surface area contributed by atoms with Crippen LogP contribution in [0.4, 0.5) is 9.18 Å². The van der Waals surface area contributed by atoms with Crippen molar-refractivity contribution in [3.63, 3.8) is 0 Å². The van der Waals surface area contributed by atoms with Crippen molar-refractivity contribution in [2.45, 2.75) is 38.3 Å². The number of carbonyl (C=O) groups excluding carboxylic acids is 1. The van der Waals surface area contributed by atoms with E-state index in [9.17, 15) is 19.3 Å². The summed E-state index contributed by atoms with van der Waals surface area (Å²) in [6, 6.07) is 4.64. The van der Waals surface area contributed by atoms with Gasteiger partial charge in [-0.15, -0.1) is 0 Å². The van der Waals surface area contributed by atoms with Gasteiger partial charge in [-0.25, -0.2) is 9.18 Å². The Morgan fingerprint density at radius 1 is 1.43 bits per heavy atom. The van der Waals surface area contributed by atoms with Crippen molar-refractivity contribution in [2.24, 2.45) is 0 Å². The van der Waals surface area contributed by atoms with Gasteiger partial charge < -0.3 is 4.74 Å². The second-order valence-electron chi connectivity index (χ2n) is 6.41. The van der Waals surface area contributed by atoms with Crippen LogP contribution in [0.25, 0.3) is 0 Å². The zero-order valence-electron chi connectivity index (χ0n) is 13.2. The molecule has 2 rings (SSSR count). The van der Waals surface area contributed by atoms with E-state index >= 15 is 0 Å². The van der Waals surface area contributed by atoms with E-state index in [0.29, 0.717) is 5.56 Å². The third kappa shape index (κ3) is 4.28. The first-order chi connectivity index (χ1) is 10.7. The van der Waals surface area contributed by atoms with Crippen LogP contribution in [0.15, 0.2) is 36.5 Å². The van der Waals surface area contributed by atoms with Gasteiger partial charge in [0.25, 0.3) is 0 Å². The molecule has 7 heteroatoms. The molecule has 0 saturated heterocycles. The van der Waals surface area contributed by atoms with E-state index in [4.69, 9.17) is 4.74 Å². The second-order valence-corrected chi connectivity index (χ2v) is 6.41. The summed E-state index contributed by atoms with van der Waals surface area (Å²) in [6.07, 6.45) is 2.36. The summed E-state index contributed by atoms with van der Waals surface area (Å²) < 4.78 is 18.6. The van der Waals surface area contributed by atoms with Crippen LogP contribution in [0.1, 0.15) is 32.3 Å². The summed E-state index contributed by atoms with van der Waals surface area (Å²) in [5.74, 6) is -1.05. The number of hydrogen-bond acceptors (Lipinski definition) is 4. The third-order valence-electron chi connectivity index (χ3n) is 3.40. The summed E-state index contributed by atoms with van der Waals surface area (Å²) in [5.41, 5.74) is -0.180. The fourth-order valence-electron chi connectivity index (χ4n) is 2.40. The Labute approximate surface area is 133 Å². The molecule has 124 valence electrons. The van der Waals surface area contributed by atoms with Crippen LogP contribution in [0, 0.1) is 15.9 Å². The van der Waals surface area contributed by atoms with Gasteiger partial charge in [0.05, 0.1) is 12.5 Å². The molecule has 2 atom stereocenters. The van der Waals surface area contributed by atoms with E-state index in [1.807, 2.05) is 0 Å². The van der Waals surface area contributed by atoms with Crippen LogP contribution in [-0.2, 0) is 4.74 Å². The highest BCUT2D eigenvalue weighted by atomic mass is 19.1. The standard InChI is InChI=1S/C16H19FN2O4/c1-16(2,3)23-15(20)18-8-7-13(14(10-18)19(21)22)11-5-4-6-12(17)9-11/h4-9,13-14H,10H2,1-3H3/t13-,14+/m0/s1. The first-order valence-electron chi connectivity index (χ1n) is 7.24. The molecular formula is C16H19FN2O4. The van der Waals surface area contributed by atoms with Gasteiger partial charge >= 0.3 is 6.09 Å². The van der Waals surface area contributed by atoms with E-state index in [2.05, 4.69) is 0 Å². The largest absolute Gasteiger partial charge is 0.443 e. The zero-order valence-corrected chi connectivity index (χ0v) is 13.2. The van der Waals surface area contributed by atoms with Gasteiger partial charge in [-0.3, -0.25) is 15.0 Å². The Morgan fingerprint density at radius 2 is 2.13 bits per heavy atom. The molecule has 0 unspecified atom stereocenters. The van der Waals surface area contributed by atoms with Gasteiger partial charge in [0.1, 0.15) is 11.4 Å². The SMILES string of the molecule is CC(C)(C)OC(=O)N1C=C[C@@H](c2cccc(F)c2)[C@H]([N+](=O)[O-])C1. The maximum atomic E-state index is 13.4. The molecule has 0 spiro atoms. The molecule has 0 aliphatic carbocycles. The van der Waals surface area contributed by atoms with Crippen molar-refractivity contribution in [2.75, 3.05) is 6.54 Å². The number of halogens is 1. The van der Waals surface area contributed by atoms with E-state index in [1.54, 1.807) is 26.8 Å². The molecular weight excluding hydrogens is 303 g/mol. The van der Waals surface area contributed by atoms with Crippen LogP contribution in [0.3, 0.4) is 0 Å². The van der Waals surface area contributed by atoms with Gasteiger partial charge in [-0.05, 0) is 38.5 Å². The molecule has 0 saturated carbocycles. The maximum Gasteiger partial charge on any atom is 0.414 e. The summed E-state index contributed by atoms with van der Waals surface area (Å²) in [7, 11) is 0. The van der Waals surface area contributed by atoms with E-state index in [1.165, 1.54) is 35.4 Å². The number of carbonyl (C=O) groups is 1. The molecule has 1 heterocycles. The van der Waals surface area contributed by atoms with Gasteiger partial charge in [0.15, 0.2) is 0 Å². The fourth-order valence-corrected chi connectivity index (χ4v) is 2.40. The van der Waals surface area contributed by atoms with Crippen molar-refractivity contribution in [3.8, 4) is 0 Å². The van der Waals surface area contributed by atoms with E-state index in [0.717, 1.165) is 0 Å². The summed E-state index contributed by atoms with van der Waals surface area (Å²) in [5, 5.41) is 11.4. The van der Waals surface area contributed by atoms with Crippen molar-refractivity contribution < 1.29 is 18.8 Å². The molecule has 1 amide bonds. The molecule has 0 fully saturated rings. The minimum atomic E-state index is -1.06. The first kappa shape index (κ1) is 16.9. The van der Waals surface area contributed by atoms with Crippen LogP contribution in [0.2, 0.25) is 0 Å². The van der Waals surface area contributed by atoms with Crippen molar-refractivity contribution in [1.29, 1.82) is 0 Å². The predicted octanol–water partition coefficient (Wildman–Crippen LogP) is 3.32. The fraction of sp³-hybridized carbons (Fsp3) is 0.438. The molecule has 0 bridgehead atoms. The highest BCUT2D eigenvalue weighted by Crippen LogP contribution is 2.28. The van der Waals surface area contributed by atoms with E-state index < -0.39 is 34.4 Å². The van der Waals surface area contributed by atoms with Gasteiger partial charge in [-0.2, -0.15) is 0 Å². The predicted molar refractivity (Wildman–Crippen MR) is 82.0 cm³/mol. The minimum Gasteiger partial charge on any atom is -0.443 e. The molecule has 1 aliphatic rings. The van der Waals surface area contributed by atoms with E-state index in [-0.39, 0.29) is 6.54 Å². The molecule has 6 nitrogen and oxygen atoms in total.